The lowest BCUT2D eigenvalue weighted by molar-refractivity contribution is -0.139. The number of hydrogen-bond donors (Lipinski definition) is 4. The molecule has 0 aliphatic rings. The van der Waals surface area contributed by atoms with Gasteiger partial charge in [0.1, 0.15) is 17.4 Å². The van der Waals surface area contributed by atoms with Crippen molar-refractivity contribution in [2.75, 3.05) is 12.9 Å². The number of thioether (sulfide) groups is 1. The monoisotopic (exact) mass is 382 g/mol. The lowest BCUT2D eigenvalue weighted by atomic mass is 10.1. The topological polar surface area (TPSA) is 125 Å². The normalized spacial score (nSPS) is 10.6. The minimum atomic E-state index is -1.02. The standard InChI is InChI=1S/C19H18N4O3S/c1-27-16-8-13(6-7-15(16)26-10-17(24)25)19-22-9-14(23-19)11-2-4-12(5-3-11)18(20)21/h2-9H,10H2,1H3,(H3,20,21)(H,22,23)(H,24,25). The van der Waals surface area contributed by atoms with Gasteiger partial charge >= 0.3 is 5.97 Å². The summed E-state index contributed by atoms with van der Waals surface area (Å²) in [5, 5.41) is 16.2. The third-order valence-corrected chi connectivity index (χ3v) is 4.62. The second-order valence-corrected chi connectivity index (χ2v) is 6.52. The predicted molar refractivity (Wildman–Crippen MR) is 105 cm³/mol. The smallest absolute Gasteiger partial charge is 0.341 e. The number of carbonyl (C=O) groups is 1. The maximum Gasteiger partial charge on any atom is 0.341 e. The van der Waals surface area contributed by atoms with Gasteiger partial charge in [-0.3, -0.25) is 5.41 Å². The Morgan fingerprint density at radius 2 is 1.96 bits per heavy atom. The van der Waals surface area contributed by atoms with Crippen LogP contribution in [0.25, 0.3) is 22.6 Å². The zero-order valence-electron chi connectivity index (χ0n) is 14.5. The van der Waals surface area contributed by atoms with E-state index in [1.165, 1.54) is 11.8 Å². The predicted octanol–water partition coefficient (Wildman–Crippen LogP) is 3.21. The van der Waals surface area contributed by atoms with E-state index in [9.17, 15) is 4.79 Å². The molecule has 0 fully saturated rings. The van der Waals surface area contributed by atoms with E-state index < -0.39 is 5.97 Å². The molecular formula is C19H18N4O3S. The molecule has 7 nitrogen and oxygen atoms in total. The number of ether oxygens (including phenoxy) is 1. The van der Waals surface area contributed by atoms with Gasteiger partial charge in [-0.2, -0.15) is 0 Å². The van der Waals surface area contributed by atoms with Crippen LogP contribution in [0.4, 0.5) is 0 Å². The quantitative estimate of drug-likeness (QED) is 0.282. The molecule has 138 valence electrons. The molecule has 0 saturated heterocycles. The molecule has 0 atom stereocenters. The molecule has 0 unspecified atom stereocenters. The number of amidine groups is 1. The van der Waals surface area contributed by atoms with Crippen molar-refractivity contribution in [1.82, 2.24) is 9.97 Å². The summed E-state index contributed by atoms with van der Waals surface area (Å²) >= 11 is 1.47. The molecule has 0 amide bonds. The van der Waals surface area contributed by atoms with Gasteiger partial charge in [0, 0.05) is 27.8 Å². The van der Waals surface area contributed by atoms with Crippen molar-refractivity contribution in [2.24, 2.45) is 5.73 Å². The fraction of sp³-hybridized carbons (Fsp3) is 0.105. The average molecular weight is 382 g/mol. The highest BCUT2D eigenvalue weighted by Gasteiger charge is 2.11. The summed E-state index contributed by atoms with van der Waals surface area (Å²) in [4.78, 5) is 19.3. The number of carboxylic acids is 1. The molecule has 0 bridgehead atoms. The molecule has 0 saturated carbocycles. The second-order valence-electron chi connectivity index (χ2n) is 5.67. The number of hydrogen-bond acceptors (Lipinski definition) is 5. The fourth-order valence-corrected chi connectivity index (χ4v) is 3.08. The van der Waals surface area contributed by atoms with Gasteiger partial charge in [-0.05, 0) is 24.5 Å². The van der Waals surface area contributed by atoms with Gasteiger partial charge in [-0.1, -0.05) is 24.3 Å². The van der Waals surface area contributed by atoms with Gasteiger partial charge in [-0.25, -0.2) is 9.78 Å². The highest BCUT2D eigenvalue weighted by Crippen LogP contribution is 2.32. The Hall–Kier alpha value is -3.26. The molecule has 3 aromatic rings. The van der Waals surface area contributed by atoms with Crippen LogP contribution >= 0.6 is 11.8 Å². The summed E-state index contributed by atoms with van der Waals surface area (Å²) in [5.41, 5.74) is 8.70. The number of aromatic nitrogens is 2. The van der Waals surface area contributed by atoms with Crippen molar-refractivity contribution in [2.45, 2.75) is 4.90 Å². The number of benzene rings is 2. The van der Waals surface area contributed by atoms with Crippen molar-refractivity contribution < 1.29 is 14.6 Å². The van der Waals surface area contributed by atoms with Crippen LogP contribution in [0.15, 0.2) is 53.6 Å². The first-order chi connectivity index (χ1) is 13.0. The van der Waals surface area contributed by atoms with Crippen LogP contribution in [0.3, 0.4) is 0 Å². The summed E-state index contributed by atoms with van der Waals surface area (Å²) in [7, 11) is 0. The Balaban J connectivity index is 1.85. The van der Waals surface area contributed by atoms with E-state index in [1.54, 1.807) is 18.2 Å². The molecule has 0 radical (unpaired) electrons. The first-order valence-corrected chi connectivity index (χ1v) is 9.23. The number of carboxylic acid groups (broad SMARTS) is 1. The molecule has 0 aliphatic heterocycles. The maximum atomic E-state index is 10.7. The van der Waals surface area contributed by atoms with Crippen molar-refractivity contribution >= 4 is 23.6 Å². The first kappa shape index (κ1) is 18.5. The average Bonchev–Trinajstić information content (AvgIpc) is 3.16. The van der Waals surface area contributed by atoms with Crippen molar-refractivity contribution in [3.8, 4) is 28.4 Å². The Bertz CT molecular complexity index is 983. The fourth-order valence-electron chi connectivity index (χ4n) is 2.51. The summed E-state index contributed by atoms with van der Waals surface area (Å²) in [5.74, 6) is 0.234. The second kappa shape index (κ2) is 7.96. The Labute approximate surface area is 160 Å². The van der Waals surface area contributed by atoms with Crippen molar-refractivity contribution in [3.05, 3.63) is 54.2 Å². The largest absolute Gasteiger partial charge is 0.481 e. The molecule has 2 aromatic carbocycles. The molecular weight excluding hydrogens is 364 g/mol. The molecule has 1 aromatic heterocycles. The van der Waals surface area contributed by atoms with Gasteiger partial charge in [0.25, 0.3) is 0 Å². The Morgan fingerprint density at radius 3 is 2.59 bits per heavy atom. The lowest BCUT2D eigenvalue weighted by Crippen LogP contribution is -2.10. The molecule has 1 heterocycles. The van der Waals surface area contributed by atoms with Crippen LogP contribution in [0.5, 0.6) is 5.75 Å². The maximum absolute atomic E-state index is 10.7. The third-order valence-electron chi connectivity index (χ3n) is 3.86. The van der Waals surface area contributed by atoms with Crippen LogP contribution in [0.1, 0.15) is 5.56 Å². The van der Waals surface area contributed by atoms with E-state index in [0.29, 0.717) is 17.1 Å². The van der Waals surface area contributed by atoms with Crippen molar-refractivity contribution in [1.29, 1.82) is 5.41 Å². The van der Waals surface area contributed by atoms with E-state index >= 15 is 0 Å². The van der Waals surface area contributed by atoms with Crippen LogP contribution in [-0.2, 0) is 4.79 Å². The number of H-pyrrole nitrogens is 1. The van der Waals surface area contributed by atoms with Gasteiger partial charge in [0.2, 0.25) is 0 Å². The Kier molecular flexibility index (Phi) is 5.46. The van der Waals surface area contributed by atoms with Gasteiger partial charge < -0.3 is 20.6 Å². The lowest BCUT2D eigenvalue weighted by Gasteiger charge is -2.09. The number of rotatable bonds is 7. The summed E-state index contributed by atoms with van der Waals surface area (Å²) in [6.07, 6.45) is 3.71. The molecule has 5 N–H and O–H groups in total. The number of imidazole rings is 1. The Morgan fingerprint density at radius 1 is 1.26 bits per heavy atom. The first-order valence-electron chi connectivity index (χ1n) is 8.01. The van der Waals surface area contributed by atoms with Gasteiger partial charge in [0.05, 0.1) is 5.69 Å². The summed E-state index contributed by atoms with van der Waals surface area (Å²) < 4.78 is 5.31. The van der Waals surface area contributed by atoms with Crippen LogP contribution in [0.2, 0.25) is 0 Å². The SMILES string of the molecule is CSc1cc(-c2nc(-c3ccc(C(=N)N)cc3)c[nH]2)ccc1OCC(=O)O. The molecule has 0 aliphatic carbocycles. The van der Waals surface area contributed by atoms with Crippen LogP contribution in [-0.4, -0.2) is 39.7 Å². The van der Waals surface area contributed by atoms with Crippen molar-refractivity contribution in [3.63, 3.8) is 0 Å². The number of aliphatic carboxylic acids is 1. The molecule has 3 rings (SSSR count). The molecule has 27 heavy (non-hydrogen) atoms. The van der Waals surface area contributed by atoms with Gasteiger partial charge in [0.15, 0.2) is 6.61 Å². The molecule has 8 heteroatoms. The van der Waals surface area contributed by atoms with Crippen LogP contribution < -0.4 is 10.5 Å². The number of nitrogens with one attached hydrogen (secondary N) is 2. The number of nitrogens with zero attached hydrogens (tertiary/aromatic N) is 1. The van der Waals surface area contributed by atoms with E-state index in [4.69, 9.17) is 21.0 Å². The number of aromatic amines is 1. The van der Waals surface area contributed by atoms with E-state index in [0.717, 1.165) is 21.7 Å². The highest BCUT2D eigenvalue weighted by atomic mass is 32.2. The third kappa shape index (κ3) is 4.29. The summed E-state index contributed by atoms with van der Waals surface area (Å²) in [6.45, 7) is -0.381. The number of nitrogens with two attached hydrogens (primary N) is 1. The summed E-state index contributed by atoms with van der Waals surface area (Å²) in [6, 6.07) is 12.8. The number of nitrogen functional groups attached to an aromatic ring is 1. The minimum Gasteiger partial charge on any atom is -0.481 e. The van der Waals surface area contributed by atoms with Gasteiger partial charge in [-0.15, -0.1) is 11.8 Å². The molecule has 0 spiro atoms. The van der Waals surface area contributed by atoms with E-state index in [2.05, 4.69) is 9.97 Å². The zero-order chi connectivity index (χ0) is 19.4. The van der Waals surface area contributed by atoms with E-state index in [-0.39, 0.29) is 12.4 Å². The minimum absolute atomic E-state index is 0.0269. The van der Waals surface area contributed by atoms with Crippen LogP contribution in [0, 0.1) is 5.41 Å². The zero-order valence-corrected chi connectivity index (χ0v) is 15.3. The highest BCUT2D eigenvalue weighted by molar-refractivity contribution is 7.98. The van der Waals surface area contributed by atoms with E-state index in [1.807, 2.05) is 36.7 Å².